The van der Waals surface area contributed by atoms with Gasteiger partial charge in [0.25, 0.3) is 15.9 Å². The molecule has 0 aromatic heterocycles. The minimum absolute atomic E-state index is 0.0274. The number of carbonyl (C=O) groups is 2. The molecule has 3 rings (SSSR count). The lowest BCUT2D eigenvalue weighted by Crippen LogP contribution is -2.41. The molecule has 2 aromatic rings. The van der Waals surface area contributed by atoms with Crippen molar-refractivity contribution in [3.63, 3.8) is 0 Å². The van der Waals surface area contributed by atoms with Gasteiger partial charge in [0.15, 0.2) is 0 Å². The van der Waals surface area contributed by atoms with Crippen molar-refractivity contribution < 1.29 is 27.5 Å². The highest BCUT2D eigenvalue weighted by atomic mass is 35.5. The summed E-state index contributed by atoms with van der Waals surface area (Å²) in [5.74, 6) is -0.879. The Kier molecular flexibility index (Phi) is 7.47. The number of amides is 1. The van der Waals surface area contributed by atoms with Crippen LogP contribution in [0, 0.1) is 0 Å². The number of sulfonamides is 1. The van der Waals surface area contributed by atoms with Gasteiger partial charge in [0.2, 0.25) is 0 Å². The van der Waals surface area contributed by atoms with Crippen molar-refractivity contribution >= 4 is 50.9 Å². The fourth-order valence-electron chi connectivity index (χ4n) is 3.01. The van der Waals surface area contributed by atoms with Gasteiger partial charge in [0.1, 0.15) is 0 Å². The van der Waals surface area contributed by atoms with Gasteiger partial charge in [-0.25, -0.2) is 13.2 Å². The van der Waals surface area contributed by atoms with E-state index in [2.05, 4.69) is 9.46 Å². The zero-order valence-electron chi connectivity index (χ0n) is 16.9. The third-order valence-electron chi connectivity index (χ3n) is 4.64. The molecule has 166 valence electrons. The summed E-state index contributed by atoms with van der Waals surface area (Å²) in [7, 11) is -2.86. The first-order chi connectivity index (χ1) is 14.8. The van der Waals surface area contributed by atoms with Crippen molar-refractivity contribution in [1.29, 1.82) is 0 Å². The molecular weight excluding hydrogens is 464 g/mol. The normalized spacial score (nSPS) is 14.2. The van der Waals surface area contributed by atoms with Crippen molar-refractivity contribution in [3.05, 3.63) is 52.5 Å². The van der Waals surface area contributed by atoms with Gasteiger partial charge >= 0.3 is 5.97 Å². The zero-order valence-corrected chi connectivity index (χ0v) is 19.3. The van der Waals surface area contributed by atoms with Crippen molar-refractivity contribution in [2.45, 2.75) is 9.79 Å². The van der Waals surface area contributed by atoms with Gasteiger partial charge in [0.05, 0.1) is 47.1 Å². The van der Waals surface area contributed by atoms with Gasteiger partial charge in [-0.2, -0.15) is 0 Å². The van der Waals surface area contributed by atoms with Crippen molar-refractivity contribution in [3.8, 4) is 0 Å². The number of nitrogens with zero attached hydrogens (tertiary/aromatic N) is 1. The molecule has 8 nitrogen and oxygen atoms in total. The molecule has 0 bridgehead atoms. The van der Waals surface area contributed by atoms with E-state index < -0.39 is 16.0 Å². The Bertz CT molecular complexity index is 1100. The fourth-order valence-corrected chi connectivity index (χ4v) is 4.90. The molecule has 0 aliphatic carbocycles. The van der Waals surface area contributed by atoms with Gasteiger partial charge < -0.3 is 14.4 Å². The van der Waals surface area contributed by atoms with Crippen LogP contribution in [0.15, 0.2) is 46.2 Å². The summed E-state index contributed by atoms with van der Waals surface area (Å²) in [5.41, 5.74) is 0.469. The standard InChI is InChI=1S/C20H21ClN2O6S2/c1-28-20(25)13-3-5-16(21)17(11-13)22-31(26,27)14-4-6-18(30-2)15(12-14)19(24)23-7-9-29-10-8-23/h3-6,11-12,22H,7-10H2,1-2H3. The lowest BCUT2D eigenvalue weighted by atomic mass is 10.2. The smallest absolute Gasteiger partial charge is 0.337 e. The van der Waals surface area contributed by atoms with Crippen molar-refractivity contribution in [2.24, 2.45) is 0 Å². The van der Waals surface area contributed by atoms with Crippen molar-refractivity contribution in [2.75, 3.05) is 44.4 Å². The summed E-state index contributed by atoms with van der Waals surface area (Å²) in [4.78, 5) is 27.0. The number of morpholine rings is 1. The van der Waals surface area contributed by atoms with Gasteiger partial charge in [-0.05, 0) is 42.7 Å². The summed E-state index contributed by atoms with van der Waals surface area (Å²) < 4.78 is 38.4. The van der Waals surface area contributed by atoms with E-state index in [0.717, 1.165) is 0 Å². The monoisotopic (exact) mass is 484 g/mol. The Morgan fingerprint density at radius 1 is 1.16 bits per heavy atom. The number of carbonyl (C=O) groups excluding carboxylic acids is 2. The lowest BCUT2D eigenvalue weighted by Gasteiger charge is -2.27. The minimum atomic E-state index is -4.09. The largest absolute Gasteiger partial charge is 0.465 e. The highest BCUT2D eigenvalue weighted by Crippen LogP contribution is 2.29. The van der Waals surface area contributed by atoms with Gasteiger partial charge in [-0.15, -0.1) is 11.8 Å². The molecule has 0 radical (unpaired) electrons. The molecule has 0 saturated carbocycles. The Balaban J connectivity index is 1.94. The van der Waals surface area contributed by atoms with E-state index in [-0.39, 0.29) is 27.1 Å². The summed E-state index contributed by atoms with van der Waals surface area (Å²) >= 11 is 7.47. The summed E-state index contributed by atoms with van der Waals surface area (Å²) in [6.45, 7) is 1.76. The van der Waals surface area contributed by atoms with Crippen LogP contribution in [0.2, 0.25) is 5.02 Å². The number of esters is 1. The number of rotatable bonds is 6. The zero-order chi connectivity index (χ0) is 22.6. The first-order valence-electron chi connectivity index (χ1n) is 9.22. The molecule has 1 fully saturated rings. The summed E-state index contributed by atoms with van der Waals surface area (Å²) in [5, 5.41) is 0.113. The third kappa shape index (κ3) is 5.32. The van der Waals surface area contributed by atoms with E-state index in [1.54, 1.807) is 11.0 Å². The highest BCUT2D eigenvalue weighted by Gasteiger charge is 2.24. The van der Waals surface area contributed by atoms with Crippen molar-refractivity contribution in [1.82, 2.24) is 4.90 Å². The van der Waals surface area contributed by atoms with E-state index in [1.165, 1.54) is 49.2 Å². The van der Waals surface area contributed by atoms with Crippen LogP contribution >= 0.6 is 23.4 Å². The molecule has 1 amide bonds. The molecule has 0 spiro atoms. The van der Waals surface area contributed by atoms with E-state index >= 15 is 0 Å². The maximum Gasteiger partial charge on any atom is 0.337 e. The molecule has 11 heteroatoms. The molecule has 2 aromatic carbocycles. The number of thioether (sulfide) groups is 1. The second-order valence-corrected chi connectivity index (χ2v) is 9.50. The topological polar surface area (TPSA) is 102 Å². The number of ether oxygens (including phenoxy) is 2. The molecule has 1 heterocycles. The Labute approximate surface area is 189 Å². The van der Waals surface area contributed by atoms with E-state index in [0.29, 0.717) is 36.8 Å². The molecule has 1 N–H and O–H groups in total. The molecule has 1 aliphatic heterocycles. The van der Waals surface area contributed by atoms with Crippen LogP contribution in [0.3, 0.4) is 0 Å². The lowest BCUT2D eigenvalue weighted by molar-refractivity contribution is 0.0300. The molecule has 1 aliphatic rings. The Hall–Kier alpha value is -2.27. The number of anilines is 1. The average Bonchev–Trinajstić information content (AvgIpc) is 2.79. The van der Waals surface area contributed by atoms with E-state index in [1.807, 2.05) is 6.26 Å². The second-order valence-electron chi connectivity index (χ2n) is 6.56. The van der Waals surface area contributed by atoms with Gasteiger partial charge in [-0.1, -0.05) is 11.6 Å². The first-order valence-corrected chi connectivity index (χ1v) is 12.3. The minimum Gasteiger partial charge on any atom is -0.465 e. The Morgan fingerprint density at radius 2 is 1.87 bits per heavy atom. The van der Waals surface area contributed by atoms with Crippen LogP contribution in [-0.4, -0.2) is 64.9 Å². The third-order valence-corrected chi connectivity index (χ3v) is 7.13. The fraction of sp³-hybridized carbons (Fsp3) is 0.300. The second kappa shape index (κ2) is 9.90. The molecular formula is C20H21ClN2O6S2. The maximum absolute atomic E-state index is 13.0. The molecule has 31 heavy (non-hydrogen) atoms. The number of benzene rings is 2. The molecule has 0 atom stereocenters. The van der Waals surface area contributed by atoms with Crippen LogP contribution < -0.4 is 4.72 Å². The molecule has 0 unspecified atom stereocenters. The number of hydrogen-bond donors (Lipinski definition) is 1. The quantitative estimate of drug-likeness (QED) is 0.496. The van der Waals surface area contributed by atoms with Crippen LogP contribution in [0.1, 0.15) is 20.7 Å². The van der Waals surface area contributed by atoms with Crippen LogP contribution in [0.25, 0.3) is 0 Å². The van der Waals surface area contributed by atoms with E-state index in [4.69, 9.17) is 16.3 Å². The maximum atomic E-state index is 13.0. The van der Waals surface area contributed by atoms with Crippen LogP contribution in [0.4, 0.5) is 5.69 Å². The number of halogens is 1. The van der Waals surface area contributed by atoms with E-state index in [9.17, 15) is 18.0 Å². The van der Waals surface area contributed by atoms with Gasteiger partial charge in [0, 0.05) is 18.0 Å². The average molecular weight is 485 g/mol. The van der Waals surface area contributed by atoms with Crippen LogP contribution in [0.5, 0.6) is 0 Å². The first kappa shape index (κ1) is 23.4. The highest BCUT2D eigenvalue weighted by molar-refractivity contribution is 7.98. The van der Waals surface area contributed by atoms with Gasteiger partial charge in [-0.3, -0.25) is 9.52 Å². The summed E-state index contributed by atoms with van der Waals surface area (Å²) in [6, 6.07) is 8.49. The Morgan fingerprint density at radius 3 is 2.52 bits per heavy atom. The predicted octanol–water partition coefficient (Wildman–Crippen LogP) is 3.12. The molecule has 1 saturated heterocycles. The number of nitrogens with one attached hydrogen (secondary N) is 1. The van der Waals surface area contributed by atoms with Crippen LogP contribution in [-0.2, 0) is 19.5 Å². The number of methoxy groups -OCH3 is 1. The predicted molar refractivity (Wildman–Crippen MR) is 119 cm³/mol. The summed E-state index contributed by atoms with van der Waals surface area (Å²) in [6.07, 6.45) is 1.82. The number of hydrogen-bond acceptors (Lipinski definition) is 7. The SMILES string of the molecule is COC(=O)c1ccc(Cl)c(NS(=O)(=O)c2ccc(SC)c(C(=O)N3CCOCC3)c2)c1.